The average Bonchev–Trinajstić information content (AvgIpc) is 2.31. The lowest BCUT2D eigenvalue weighted by molar-refractivity contribution is -0.113. The molecule has 2 nitrogen and oxygen atoms in total. The molecule has 0 aliphatic carbocycles. The van der Waals surface area contributed by atoms with Crippen LogP contribution in [0.25, 0.3) is 0 Å². The number of rotatable bonds is 11. The normalized spacial score (nSPS) is 10.4. The highest BCUT2D eigenvalue weighted by molar-refractivity contribution is 6.38. The Bertz CT molecular complexity index is 199. The van der Waals surface area contributed by atoms with Gasteiger partial charge in [0.15, 0.2) is 5.78 Å². The molecule has 0 heterocycles. The van der Waals surface area contributed by atoms with Crippen molar-refractivity contribution in [1.29, 1.82) is 5.41 Å². The van der Waals surface area contributed by atoms with Gasteiger partial charge < -0.3 is 5.41 Å². The first kappa shape index (κ1) is 15.3. The summed E-state index contributed by atoms with van der Waals surface area (Å²) >= 11 is 0. The average molecular weight is 225 g/mol. The minimum Gasteiger partial charge on any atom is -0.302 e. The summed E-state index contributed by atoms with van der Waals surface area (Å²) < 4.78 is 0. The monoisotopic (exact) mass is 225 g/mol. The summed E-state index contributed by atoms with van der Waals surface area (Å²) in [4.78, 5) is 11.3. The van der Waals surface area contributed by atoms with Crippen LogP contribution in [0.15, 0.2) is 0 Å². The van der Waals surface area contributed by atoms with Crippen LogP contribution >= 0.6 is 0 Å². The molecule has 1 N–H and O–H groups in total. The van der Waals surface area contributed by atoms with Crippen LogP contribution in [0.5, 0.6) is 0 Å². The van der Waals surface area contributed by atoms with E-state index < -0.39 is 0 Å². The van der Waals surface area contributed by atoms with Crippen molar-refractivity contribution in [2.75, 3.05) is 0 Å². The number of nitrogens with one attached hydrogen (secondary N) is 1. The van der Waals surface area contributed by atoms with E-state index in [1.54, 1.807) is 0 Å². The number of unbranched alkanes of at least 4 members (excludes halogenated alkanes) is 7. The number of Topliss-reactive ketones (excluding diaryl/α,β-unsaturated/α-hetero) is 1. The molecule has 94 valence electrons. The summed E-state index contributed by atoms with van der Waals surface area (Å²) in [6.45, 7) is 4.10. The topological polar surface area (TPSA) is 40.9 Å². The smallest absolute Gasteiger partial charge is 0.176 e. The predicted molar refractivity (Wildman–Crippen MR) is 70.3 cm³/mol. The second-order valence-corrected chi connectivity index (χ2v) is 4.48. The van der Waals surface area contributed by atoms with Gasteiger partial charge >= 0.3 is 0 Å². The number of hydrogen-bond acceptors (Lipinski definition) is 2. The Hall–Kier alpha value is -0.660. The maximum Gasteiger partial charge on any atom is 0.176 e. The van der Waals surface area contributed by atoms with Gasteiger partial charge in [0.25, 0.3) is 0 Å². The molecule has 0 aromatic heterocycles. The summed E-state index contributed by atoms with van der Waals surface area (Å²) in [5, 5.41) is 7.39. The van der Waals surface area contributed by atoms with Gasteiger partial charge in [-0.1, -0.05) is 58.8 Å². The Morgan fingerprint density at radius 2 is 1.38 bits per heavy atom. The molecule has 0 saturated carbocycles. The third-order valence-electron chi connectivity index (χ3n) is 2.95. The summed E-state index contributed by atoms with van der Waals surface area (Å²) in [5.74, 6) is 0.0495. The Labute approximate surface area is 100 Å². The van der Waals surface area contributed by atoms with Crippen molar-refractivity contribution in [3.8, 4) is 0 Å². The summed E-state index contributed by atoms with van der Waals surface area (Å²) in [7, 11) is 0. The second-order valence-electron chi connectivity index (χ2n) is 4.48. The van der Waals surface area contributed by atoms with E-state index in [1.807, 2.05) is 6.92 Å². The number of hydrogen-bond donors (Lipinski definition) is 1. The van der Waals surface area contributed by atoms with E-state index in [2.05, 4.69) is 6.92 Å². The standard InChI is InChI=1S/C14H27NO/c1-3-5-6-7-8-9-10-11-12-14(16)13(15)4-2/h15H,3-12H2,1-2H3. The van der Waals surface area contributed by atoms with Crippen LogP contribution in [-0.4, -0.2) is 11.5 Å². The zero-order chi connectivity index (χ0) is 12.2. The molecule has 0 atom stereocenters. The van der Waals surface area contributed by atoms with Crippen molar-refractivity contribution in [2.24, 2.45) is 0 Å². The van der Waals surface area contributed by atoms with E-state index in [-0.39, 0.29) is 5.78 Å². The van der Waals surface area contributed by atoms with Crippen LogP contribution in [0.1, 0.15) is 78.1 Å². The van der Waals surface area contributed by atoms with E-state index in [0.717, 1.165) is 12.8 Å². The van der Waals surface area contributed by atoms with Gasteiger partial charge in [-0.25, -0.2) is 0 Å². The lowest BCUT2D eigenvalue weighted by Gasteiger charge is -2.02. The fraction of sp³-hybridized carbons (Fsp3) is 0.857. The van der Waals surface area contributed by atoms with Crippen LogP contribution in [-0.2, 0) is 4.79 Å². The van der Waals surface area contributed by atoms with Crippen LogP contribution in [0.2, 0.25) is 0 Å². The number of carbonyl (C=O) groups is 1. The SMILES string of the molecule is CCCCCCCCCCC(=O)C(=N)CC. The van der Waals surface area contributed by atoms with Crippen molar-refractivity contribution in [1.82, 2.24) is 0 Å². The third-order valence-corrected chi connectivity index (χ3v) is 2.95. The molecule has 0 aromatic carbocycles. The highest BCUT2D eigenvalue weighted by Crippen LogP contribution is 2.09. The summed E-state index contributed by atoms with van der Waals surface area (Å²) in [6, 6.07) is 0. The van der Waals surface area contributed by atoms with Gasteiger partial charge in [0, 0.05) is 6.42 Å². The number of carbonyl (C=O) groups excluding carboxylic acids is 1. The minimum absolute atomic E-state index is 0.0495. The van der Waals surface area contributed by atoms with Gasteiger partial charge in [-0.15, -0.1) is 0 Å². The first-order valence-electron chi connectivity index (χ1n) is 6.83. The Kier molecular flexibility index (Phi) is 10.4. The van der Waals surface area contributed by atoms with Gasteiger partial charge in [-0.05, 0) is 12.8 Å². The fourth-order valence-corrected chi connectivity index (χ4v) is 1.77. The molecule has 0 aromatic rings. The first-order chi connectivity index (χ1) is 7.72. The molecule has 0 aliphatic rings. The summed E-state index contributed by atoms with van der Waals surface area (Å²) in [6.07, 6.45) is 11.2. The van der Waals surface area contributed by atoms with Gasteiger partial charge in [0.2, 0.25) is 0 Å². The zero-order valence-electron chi connectivity index (χ0n) is 11.0. The minimum atomic E-state index is 0.0495. The van der Waals surface area contributed by atoms with Gasteiger partial charge in [-0.2, -0.15) is 0 Å². The third kappa shape index (κ3) is 8.63. The van der Waals surface area contributed by atoms with Crippen molar-refractivity contribution in [3.63, 3.8) is 0 Å². The van der Waals surface area contributed by atoms with E-state index in [9.17, 15) is 4.79 Å². The van der Waals surface area contributed by atoms with Crippen LogP contribution in [0.4, 0.5) is 0 Å². The molecule has 16 heavy (non-hydrogen) atoms. The van der Waals surface area contributed by atoms with Crippen molar-refractivity contribution in [2.45, 2.75) is 78.1 Å². The highest BCUT2D eigenvalue weighted by atomic mass is 16.1. The van der Waals surface area contributed by atoms with Crippen molar-refractivity contribution in [3.05, 3.63) is 0 Å². The van der Waals surface area contributed by atoms with Crippen LogP contribution < -0.4 is 0 Å². The van der Waals surface area contributed by atoms with E-state index in [0.29, 0.717) is 18.6 Å². The van der Waals surface area contributed by atoms with Crippen molar-refractivity contribution >= 4 is 11.5 Å². The van der Waals surface area contributed by atoms with E-state index >= 15 is 0 Å². The Morgan fingerprint density at radius 1 is 0.875 bits per heavy atom. The molecular weight excluding hydrogens is 198 g/mol. The fourth-order valence-electron chi connectivity index (χ4n) is 1.77. The maximum atomic E-state index is 11.3. The molecule has 0 radical (unpaired) electrons. The van der Waals surface area contributed by atoms with Crippen LogP contribution in [0.3, 0.4) is 0 Å². The molecular formula is C14H27NO. The second kappa shape index (κ2) is 10.8. The van der Waals surface area contributed by atoms with E-state index in [4.69, 9.17) is 5.41 Å². The lowest BCUT2D eigenvalue weighted by atomic mass is 10.0. The lowest BCUT2D eigenvalue weighted by Crippen LogP contribution is -2.10. The van der Waals surface area contributed by atoms with E-state index in [1.165, 1.54) is 38.5 Å². The maximum absolute atomic E-state index is 11.3. The molecule has 0 saturated heterocycles. The molecule has 0 rings (SSSR count). The summed E-state index contributed by atoms with van der Waals surface area (Å²) in [5.41, 5.74) is 0.294. The quantitative estimate of drug-likeness (QED) is 0.408. The molecule has 0 amide bonds. The van der Waals surface area contributed by atoms with Crippen molar-refractivity contribution < 1.29 is 4.79 Å². The molecule has 0 aliphatic heterocycles. The largest absolute Gasteiger partial charge is 0.302 e. The Balaban J connectivity index is 3.21. The molecule has 0 unspecified atom stereocenters. The number of ketones is 1. The van der Waals surface area contributed by atoms with Gasteiger partial charge in [0.1, 0.15) is 0 Å². The van der Waals surface area contributed by atoms with Crippen LogP contribution in [0, 0.1) is 5.41 Å². The highest BCUT2D eigenvalue weighted by Gasteiger charge is 2.05. The molecule has 0 spiro atoms. The molecule has 0 bridgehead atoms. The van der Waals surface area contributed by atoms with Gasteiger partial charge in [0.05, 0.1) is 5.71 Å². The molecule has 2 heteroatoms. The molecule has 0 fully saturated rings. The van der Waals surface area contributed by atoms with Gasteiger partial charge in [-0.3, -0.25) is 4.79 Å². The zero-order valence-corrected chi connectivity index (χ0v) is 11.0. The Morgan fingerprint density at radius 3 is 1.88 bits per heavy atom. The first-order valence-corrected chi connectivity index (χ1v) is 6.83. The predicted octanol–water partition coefficient (Wildman–Crippen LogP) is 4.52.